The third kappa shape index (κ3) is 5.59. The Hall–Kier alpha value is -2.82. The van der Waals surface area contributed by atoms with Crippen molar-refractivity contribution in [2.45, 2.75) is 11.4 Å². The van der Waals surface area contributed by atoms with E-state index < -0.39 is 15.9 Å². The molecule has 0 spiro atoms. The van der Waals surface area contributed by atoms with E-state index in [2.05, 4.69) is 26.2 Å². The van der Waals surface area contributed by atoms with E-state index in [1.165, 1.54) is 48.7 Å². The molecule has 7 nitrogen and oxygen atoms in total. The van der Waals surface area contributed by atoms with Gasteiger partial charge in [-0.25, -0.2) is 22.9 Å². The molecule has 1 aromatic heterocycles. The van der Waals surface area contributed by atoms with Crippen molar-refractivity contribution in [2.24, 2.45) is 5.14 Å². The Morgan fingerprint density at radius 3 is 2.55 bits per heavy atom. The molecule has 0 aliphatic heterocycles. The van der Waals surface area contributed by atoms with Gasteiger partial charge in [0.1, 0.15) is 11.6 Å². The van der Waals surface area contributed by atoms with Crippen molar-refractivity contribution in [2.75, 3.05) is 0 Å². The van der Waals surface area contributed by atoms with Crippen LogP contribution in [0.3, 0.4) is 0 Å². The number of benzene rings is 2. The number of sulfonamides is 1. The predicted molar refractivity (Wildman–Crippen MR) is 107 cm³/mol. The van der Waals surface area contributed by atoms with Crippen LogP contribution >= 0.6 is 15.9 Å². The summed E-state index contributed by atoms with van der Waals surface area (Å²) in [5.41, 5.74) is 0.831. The van der Waals surface area contributed by atoms with E-state index in [4.69, 9.17) is 9.88 Å². The number of hydrogen-bond acceptors (Lipinski definition) is 5. The third-order valence-corrected chi connectivity index (χ3v) is 5.40. The first-order valence-corrected chi connectivity index (χ1v) is 10.6. The molecule has 2 aromatic carbocycles. The molecule has 1 amide bonds. The fourth-order valence-corrected chi connectivity index (χ4v) is 3.34. The summed E-state index contributed by atoms with van der Waals surface area (Å²) >= 11 is 3.22. The largest absolute Gasteiger partial charge is 0.439 e. The van der Waals surface area contributed by atoms with Gasteiger partial charge in [-0.15, -0.1) is 0 Å². The maximum Gasteiger partial charge on any atom is 0.252 e. The average molecular weight is 480 g/mol. The normalized spacial score (nSPS) is 11.1. The fraction of sp³-hybridized carbons (Fsp3) is 0.0526. The number of pyridine rings is 1. The summed E-state index contributed by atoms with van der Waals surface area (Å²) in [5, 5.41) is 7.81. The minimum Gasteiger partial charge on any atom is -0.439 e. The molecule has 0 bridgehead atoms. The predicted octanol–water partition coefficient (Wildman–Crippen LogP) is 3.35. The van der Waals surface area contributed by atoms with E-state index in [-0.39, 0.29) is 28.7 Å². The molecule has 3 aromatic rings. The third-order valence-electron chi connectivity index (χ3n) is 3.80. The van der Waals surface area contributed by atoms with Gasteiger partial charge in [0, 0.05) is 23.3 Å². The zero-order valence-electron chi connectivity index (χ0n) is 14.8. The first-order chi connectivity index (χ1) is 13.7. The molecular weight excluding hydrogens is 465 g/mol. The molecule has 0 radical (unpaired) electrons. The molecule has 0 fully saturated rings. The Balaban J connectivity index is 1.70. The molecule has 3 N–H and O–H groups in total. The van der Waals surface area contributed by atoms with Crippen LogP contribution < -0.4 is 15.2 Å². The molecule has 1 heterocycles. The Labute approximate surface area is 174 Å². The smallest absolute Gasteiger partial charge is 0.252 e. The van der Waals surface area contributed by atoms with Gasteiger partial charge in [0.05, 0.1) is 10.5 Å². The topological polar surface area (TPSA) is 111 Å². The van der Waals surface area contributed by atoms with Gasteiger partial charge in [-0.1, -0.05) is 0 Å². The van der Waals surface area contributed by atoms with Crippen LogP contribution in [0.1, 0.15) is 15.9 Å². The second kappa shape index (κ2) is 8.68. The van der Waals surface area contributed by atoms with Gasteiger partial charge in [0.15, 0.2) is 0 Å². The van der Waals surface area contributed by atoms with Gasteiger partial charge in [0.2, 0.25) is 15.9 Å². The lowest BCUT2D eigenvalue weighted by molar-refractivity contribution is 0.0950. The summed E-state index contributed by atoms with van der Waals surface area (Å²) in [5.74, 6) is -0.163. The Morgan fingerprint density at radius 1 is 1.14 bits per heavy atom. The van der Waals surface area contributed by atoms with Crippen LogP contribution in [-0.4, -0.2) is 19.3 Å². The SMILES string of the molecule is NS(=O)(=O)c1ccc(Br)c(C(=O)NCc2ccnc(Oc3ccc(F)cc3)c2)c1. The summed E-state index contributed by atoms with van der Waals surface area (Å²) in [4.78, 5) is 16.4. The first-order valence-electron chi connectivity index (χ1n) is 8.21. The van der Waals surface area contributed by atoms with Crippen LogP contribution in [0.25, 0.3) is 0 Å². The highest BCUT2D eigenvalue weighted by Crippen LogP contribution is 2.22. The van der Waals surface area contributed by atoms with Gasteiger partial charge < -0.3 is 10.1 Å². The lowest BCUT2D eigenvalue weighted by Gasteiger charge is -2.10. The molecule has 0 saturated heterocycles. The first kappa shape index (κ1) is 20.9. The van der Waals surface area contributed by atoms with Gasteiger partial charge in [-0.2, -0.15) is 0 Å². The van der Waals surface area contributed by atoms with Crippen LogP contribution in [0, 0.1) is 5.82 Å². The van der Waals surface area contributed by atoms with Gasteiger partial charge in [-0.3, -0.25) is 4.79 Å². The summed E-state index contributed by atoms with van der Waals surface area (Å²) in [7, 11) is -3.93. The number of nitrogens with one attached hydrogen (secondary N) is 1. The van der Waals surface area contributed by atoms with E-state index in [0.717, 1.165) is 0 Å². The number of carbonyl (C=O) groups excluding carboxylic acids is 1. The molecule has 0 aliphatic rings. The standard InChI is InChI=1S/C19H15BrFN3O4S/c20-17-6-5-15(29(22,26)27)10-16(17)19(25)24-11-12-7-8-23-18(9-12)28-14-3-1-13(21)2-4-14/h1-10H,11H2,(H,24,25)(H2,22,26,27). The zero-order chi connectivity index (χ0) is 21.0. The number of nitrogens with zero attached hydrogens (tertiary/aromatic N) is 1. The summed E-state index contributed by atoms with van der Waals surface area (Å²) in [6.45, 7) is 0.146. The molecule has 3 rings (SSSR count). The molecule has 0 aliphatic carbocycles. The lowest BCUT2D eigenvalue weighted by atomic mass is 10.2. The van der Waals surface area contributed by atoms with Crippen molar-refractivity contribution in [3.05, 3.63) is 82.2 Å². The Kier molecular flexibility index (Phi) is 6.26. The van der Waals surface area contributed by atoms with Crippen molar-refractivity contribution < 1.29 is 22.3 Å². The molecule has 0 saturated carbocycles. The van der Waals surface area contributed by atoms with Crippen molar-refractivity contribution >= 4 is 31.9 Å². The minimum atomic E-state index is -3.93. The van der Waals surface area contributed by atoms with Gasteiger partial charge in [0.25, 0.3) is 5.91 Å². The molecular formula is C19H15BrFN3O4S. The highest BCUT2D eigenvalue weighted by molar-refractivity contribution is 9.10. The number of halogens is 2. The van der Waals surface area contributed by atoms with Gasteiger partial charge in [-0.05, 0) is 70.0 Å². The number of rotatable bonds is 6. The maximum atomic E-state index is 13.0. The molecule has 10 heteroatoms. The van der Waals surface area contributed by atoms with E-state index in [9.17, 15) is 17.6 Å². The van der Waals surface area contributed by atoms with E-state index in [1.54, 1.807) is 12.1 Å². The number of carbonyl (C=O) groups is 1. The quantitative estimate of drug-likeness (QED) is 0.562. The second-order valence-electron chi connectivity index (χ2n) is 5.93. The van der Waals surface area contributed by atoms with Crippen molar-refractivity contribution in [3.63, 3.8) is 0 Å². The Morgan fingerprint density at radius 2 is 1.86 bits per heavy atom. The Bertz CT molecular complexity index is 1150. The molecule has 29 heavy (non-hydrogen) atoms. The molecule has 0 atom stereocenters. The number of aromatic nitrogens is 1. The second-order valence-corrected chi connectivity index (χ2v) is 8.34. The van der Waals surface area contributed by atoms with E-state index in [0.29, 0.717) is 15.8 Å². The van der Waals surface area contributed by atoms with E-state index in [1.807, 2.05) is 0 Å². The monoisotopic (exact) mass is 479 g/mol. The van der Waals surface area contributed by atoms with Crippen molar-refractivity contribution in [1.82, 2.24) is 10.3 Å². The fourth-order valence-electron chi connectivity index (χ4n) is 2.37. The van der Waals surface area contributed by atoms with Gasteiger partial charge >= 0.3 is 0 Å². The van der Waals surface area contributed by atoms with Crippen LogP contribution in [0.5, 0.6) is 11.6 Å². The summed E-state index contributed by atoms with van der Waals surface area (Å²) in [6.07, 6.45) is 1.51. The summed E-state index contributed by atoms with van der Waals surface area (Å²) < 4.78 is 41.9. The number of hydrogen-bond donors (Lipinski definition) is 2. The van der Waals surface area contributed by atoms with Crippen molar-refractivity contribution in [3.8, 4) is 11.6 Å². The van der Waals surface area contributed by atoms with Crippen LogP contribution in [0.2, 0.25) is 0 Å². The highest BCUT2D eigenvalue weighted by Gasteiger charge is 2.15. The van der Waals surface area contributed by atoms with Crippen LogP contribution in [0.4, 0.5) is 4.39 Å². The molecule has 0 unspecified atom stereocenters. The number of primary sulfonamides is 1. The molecule has 150 valence electrons. The van der Waals surface area contributed by atoms with Crippen molar-refractivity contribution in [1.29, 1.82) is 0 Å². The minimum absolute atomic E-state index is 0.133. The highest BCUT2D eigenvalue weighted by atomic mass is 79.9. The maximum absolute atomic E-state index is 13.0. The van der Waals surface area contributed by atoms with Crippen LogP contribution in [0.15, 0.2) is 70.2 Å². The lowest BCUT2D eigenvalue weighted by Crippen LogP contribution is -2.24. The zero-order valence-corrected chi connectivity index (χ0v) is 17.2. The summed E-state index contributed by atoms with van der Waals surface area (Å²) in [6, 6.07) is 12.7. The number of amides is 1. The van der Waals surface area contributed by atoms with Crippen LogP contribution in [-0.2, 0) is 16.6 Å². The average Bonchev–Trinajstić information content (AvgIpc) is 2.68. The number of ether oxygens (including phenoxy) is 1. The van der Waals surface area contributed by atoms with E-state index >= 15 is 0 Å². The number of nitrogens with two attached hydrogens (primary N) is 1.